The van der Waals surface area contributed by atoms with E-state index in [9.17, 15) is 9.90 Å². The van der Waals surface area contributed by atoms with Gasteiger partial charge in [0.1, 0.15) is 5.69 Å². The number of hydrogen-bond acceptors (Lipinski definition) is 3. The number of nitrogens with zero attached hydrogens (tertiary/aromatic N) is 3. The normalized spacial score (nSPS) is 10.9. The monoisotopic (exact) mass is 329 g/mol. The van der Waals surface area contributed by atoms with Crippen LogP contribution in [0.25, 0.3) is 27.8 Å². The highest BCUT2D eigenvalue weighted by Crippen LogP contribution is 2.32. The summed E-state index contributed by atoms with van der Waals surface area (Å²) in [4.78, 5) is 16.8. The Morgan fingerprint density at radius 1 is 1.04 bits per heavy atom. The van der Waals surface area contributed by atoms with Crippen LogP contribution in [0.2, 0.25) is 0 Å². The van der Waals surface area contributed by atoms with E-state index in [1.54, 1.807) is 29.2 Å². The molecule has 0 radical (unpaired) electrons. The first-order valence-corrected chi connectivity index (χ1v) is 7.88. The molecule has 4 aromatic rings. The summed E-state index contributed by atoms with van der Waals surface area (Å²) in [6, 6.07) is 16.9. The Kier molecular flexibility index (Phi) is 3.54. The van der Waals surface area contributed by atoms with Crippen molar-refractivity contribution in [2.24, 2.45) is 0 Å². The van der Waals surface area contributed by atoms with Crippen LogP contribution in [0.1, 0.15) is 15.9 Å². The summed E-state index contributed by atoms with van der Waals surface area (Å²) in [6.45, 7) is 2.01. The standard InChI is InChI=1S/C20H15N3O2/c1-13-7-9-14(10-8-13)18-19(23-12-4-11-21-23)17(20(24)25)15-5-2-3-6-16(15)22-18/h2-12H,1H3,(H,24,25). The summed E-state index contributed by atoms with van der Waals surface area (Å²) < 4.78 is 1.57. The number of para-hydroxylation sites is 1. The van der Waals surface area contributed by atoms with E-state index in [0.29, 0.717) is 22.3 Å². The first-order valence-electron chi connectivity index (χ1n) is 7.88. The van der Waals surface area contributed by atoms with Crippen LogP contribution in [-0.4, -0.2) is 25.8 Å². The Labute approximate surface area is 144 Å². The number of pyridine rings is 1. The fraction of sp³-hybridized carbons (Fsp3) is 0.0500. The van der Waals surface area contributed by atoms with Crippen molar-refractivity contribution in [2.45, 2.75) is 6.92 Å². The quantitative estimate of drug-likeness (QED) is 0.614. The van der Waals surface area contributed by atoms with Gasteiger partial charge in [-0.25, -0.2) is 14.5 Å². The molecule has 0 aliphatic heterocycles. The Balaban J connectivity index is 2.15. The lowest BCUT2D eigenvalue weighted by molar-refractivity contribution is 0.0699. The highest BCUT2D eigenvalue weighted by Gasteiger charge is 2.22. The average Bonchev–Trinajstić information content (AvgIpc) is 3.15. The van der Waals surface area contributed by atoms with Crippen molar-refractivity contribution in [3.8, 4) is 16.9 Å². The third-order valence-electron chi connectivity index (χ3n) is 4.14. The molecule has 4 rings (SSSR count). The second kappa shape index (κ2) is 5.87. The topological polar surface area (TPSA) is 68.0 Å². The Bertz CT molecular complexity index is 1070. The molecule has 2 aromatic heterocycles. The zero-order valence-corrected chi connectivity index (χ0v) is 13.5. The number of carboxylic acid groups (broad SMARTS) is 1. The second-order valence-electron chi connectivity index (χ2n) is 5.82. The summed E-state index contributed by atoms with van der Waals surface area (Å²) in [7, 11) is 0. The first-order chi connectivity index (χ1) is 12.1. The number of aryl methyl sites for hydroxylation is 1. The van der Waals surface area contributed by atoms with Gasteiger partial charge in [0.25, 0.3) is 0 Å². The van der Waals surface area contributed by atoms with Gasteiger partial charge in [-0.15, -0.1) is 0 Å². The molecule has 0 saturated carbocycles. The van der Waals surface area contributed by atoms with Crippen LogP contribution in [0.3, 0.4) is 0 Å². The molecule has 1 N–H and O–H groups in total. The van der Waals surface area contributed by atoms with E-state index in [1.807, 2.05) is 49.4 Å². The molecule has 5 nitrogen and oxygen atoms in total. The molecule has 0 spiro atoms. The maximum Gasteiger partial charge on any atom is 0.338 e. The van der Waals surface area contributed by atoms with Crippen LogP contribution in [0, 0.1) is 6.92 Å². The van der Waals surface area contributed by atoms with E-state index in [0.717, 1.165) is 11.1 Å². The van der Waals surface area contributed by atoms with E-state index in [-0.39, 0.29) is 5.56 Å². The number of carbonyl (C=O) groups is 1. The number of carboxylic acids is 1. The number of hydrogen-bond donors (Lipinski definition) is 1. The van der Waals surface area contributed by atoms with Gasteiger partial charge in [0.05, 0.1) is 16.8 Å². The van der Waals surface area contributed by atoms with Crippen molar-refractivity contribution in [1.29, 1.82) is 0 Å². The van der Waals surface area contributed by atoms with Gasteiger partial charge in [-0.1, -0.05) is 48.0 Å². The van der Waals surface area contributed by atoms with Crippen molar-refractivity contribution >= 4 is 16.9 Å². The molecule has 0 atom stereocenters. The summed E-state index contributed by atoms with van der Waals surface area (Å²) >= 11 is 0. The minimum atomic E-state index is -1.00. The predicted molar refractivity (Wildman–Crippen MR) is 96.0 cm³/mol. The van der Waals surface area contributed by atoms with Crippen molar-refractivity contribution in [3.63, 3.8) is 0 Å². The fourth-order valence-electron chi connectivity index (χ4n) is 2.96. The van der Waals surface area contributed by atoms with Crippen LogP contribution >= 0.6 is 0 Å². The summed E-state index contributed by atoms with van der Waals surface area (Å²) in [5.74, 6) is -1.00. The maximum atomic E-state index is 12.1. The molecule has 0 aliphatic rings. The number of fused-ring (bicyclic) bond motifs is 1. The molecule has 0 aliphatic carbocycles. The van der Waals surface area contributed by atoms with Gasteiger partial charge in [-0.05, 0) is 19.1 Å². The van der Waals surface area contributed by atoms with Gasteiger partial charge in [-0.2, -0.15) is 5.10 Å². The molecule has 0 fully saturated rings. The van der Waals surface area contributed by atoms with Crippen molar-refractivity contribution < 1.29 is 9.90 Å². The van der Waals surface area contributed by atoms with E-state index < -0.39 is 5.97 Å². The molecule has 0 unspecified atom stereocenters. The molecular formula is C20H15N3O2. The van der Waals surface area contributed by atoms with Gasteiger partial charge in [0, 0.05) is 23.3 Å². The highest BCUT2D eigenvalue weighted by atomic mass is 16.4. The summed E-state index contributed by atoms with van der Waals surface area (Å²) in [5.41, 5.74) is 3.89. The molecule has 2 heterocycles. The lowest BCUT2D eigenvalue weighted by Gasteiger charge is -2.15. The first kappa shape index (κ1) is 15.1. The fourth-order valence-corrected chi connectivity index (χ4v) is 2.96. The predicted octanol–water partition coefficient (Wildman–Crippen LogP) is 4.09. The molecule has 2 aromatic carbocycles. The number of benzene rings is 2. The van der Waals surface area contributed by atoms with Crippen LogP contribution in [0.4, 0.5) is 0 Å². The highest BCUT2D eigenvalue weighted by molar-refractivity contribution is 6.08. The third-order valence-corrected chi connectivity index (χ3v) is 4.14. The van der Waals surface area contributed by atoms with Crippen molar-refractivity contribution in [1.82, 2.24) is 14.8 Å². The van der Waals surface area contributed by atoms with Crippen LogP contribution < -0.4 is 0 Å². The SMILES string of the molecule is Cc1ccc(-c2nc3ccccc3c(C(=O)O)c2-n2cccn2)cc1. The zero-order chi connectivity index (χ0) is 17.4. The van der Waals surface area contributed by atoms with E-state index in [1.165, 1.54) is 0 Å². The minimum Gasteiger partial charge on any atom is -0.478 e. The third kappa shape index (κ3) is 2.55. The molecule has 0 saturated heterocycles. The smallest absolute Gasteiger partial charge is 0.338 e. The van der Waals surface area contributed by atoms with E-state index in [4.69, 9.17) is 4.98 Å². The summed E-state index contributed by atoms with van der Waals surface area (Å²) in [5, 5.41) is 14.8. The second-order valence-corrected chi connectivity index (χ2v) is 5.82. The number of aromatic nitrogens is 3. The van der Waals surface area contributed by atoms with Crippen LogP contribution in [-0.2, 0) is 0 Å². The maximum absolute atomic E-state index is 12.1. The van der Waals surface area contributed by atoms with E-state index in [2.05, 4.69) is 5.10 Å². The average molecular weight is 329 g/mol. The van der Waals surface area contributed by atoms with Gasteiger partial charge in [0.15, 0.2) is 0 Å². The van der Waals surface area contributed by atoms with Gasteiger partial charge >= 0.3 is 5.97 Å². The van der Waals surface area contributed by atoms with Crippen LogP contribution in [0.5, 0.6) is 0 Å². The Hall–Kier alpha value is -3.47. The largest absolute Gasteiger partial charge is 0.478 e. The van der Waals surface area contributed by atoms with Gasteiger partial charge in [0.2, 0.25) is 0 Å². The minimum absolute atomic E-state index is 0.199. The van der Waals surface area contributed by atoms with Gasteiger partial charge < -0.3 is 5.11 Å². The number of rotatable bonds is 3. The van der Waals surface area contributed by atoms with Crippen LogP contribution in [0.15, 0.2) is 67.0 Å². The lowest BCUT2D eigenvalue weighted by atomic mass is 10.0. The summed E-state index contributed by atoms with van der Waals surface area (Å²) in [6.07, 6.45) is 3.36. The van der Waals surface area contributed by atoms with Crippen molar-refractivity contribution in [2.75, 3.05) is 0 Å². The molecule has 5 heteroatoms. The Morgan fingerprint density at radius 2 is 1.80 bits per heavy atom. The number of aromatic carboxylic acids is 1. The van der Waals surface area contributed by atoms with E-state index >= 15 is 0 Å². The molecule has 0 bridgehead atoms. The molecule has 25 heavy (non-hydrogen) atoms. The molecule has 0 amide bonds. The van der Waals surface area contributed by atoms with Crippen molar-refractivity contribution in [3.05, 3.63) is 78.1 Å². The Morgan fingerprint density at radius 3 is 2.48 bits per heavy atom. The zero-order valence-electron chi connectivity index (χ0n) is 13.5. The molecular weight excluding hydrogens is 314 g/mol. The molecule has 122 valence electrons. The lowest BCUT2D eigenvalue weighted by Crippen LogP contribution is -2.10. The van der Waals surface area contributed by atoms with Gasteiger partial charge in [-0.3, -0.25) is 0 Å².